The zero-order valence-electron chi connectivity index (χ0n) is 19.8. The van der Waals surface area contributed by atoms with Crippen molar-refractivity contribution in [2.75, 3.05) is 10.2 Å². The molecule has 9 heteroatoms. The molecule has 2 bridgehead atoms. The molecule has 2 N–H and O–H groups in total. The highest BCUT2D eigenvalue weighted by Gasteiger charge is 2.73. The van der Waals surface area contributed by atoms with Crippen LogP contribution in [-0.4, -0.2) is 46.2 Å². The number of benzene rings is 1. The molecule has 5 rings (SSSR count). The van der Waals surface area contributed by atoms with Crippen LogP contribution in [0.15, 0.2) is 47.0 Å². The number of nitrogens with one attached hydrogen (secondary N) is 2. The van der Waals surface area contributed by atoms with Gasteiger partial charge in [0.2, 0.25) is 17.7 Å². The van der Waals surface area contributed by atoms with Gasteiger partial charge in [0.15, 0.2) is 5.82 Å². The summed E-state index contributed by atoms with van der Waals surface area (Å²) in [6.07, 6.45) is 2.95. The number of hydrogen-bond donors (Lipinski definition) is 2. The van der Waals surface area contributed by atoms with Crippen molar-refractivity contribution < 1.29 is 23.6 Å². The Bertz CT molecular complexity index is 1210. The van der Waals surface area contributed by atoms with Gasteiger partial charge in [-0.3, -0.25) is 19.3 Å². The van der Waals surface area contributed by atoms with E-state index in [1.54, 1.807) is 25.1 Å². The van der Waals surface area contributed by atoms with Crippen LogP contribution >= 0.6 is 0 Å². The molecule has 0 saturated carbocycles. The van der Waals surface area contributed by atoms with E-state index in [0.717, 1.165) is 5.56 Å². The highest BCUT2D eigenvalue weighted by molar-refractivity contribution is 6.11. The third-order valence-corrected chi connectivity index (χ3v) is 6.58. The van der Waals surface area contributed by atoms with Gasteiger partial charge in [0.25, 0.3) is 0 Å². The number of hydrogen-bond acceptors (Lipinski definition) is 6. The van der Waals surface area contributed by atoms with Crippen LogP contribution in [0.3, 0.4) is 0 Å². The van der Waals surface area contributed by atoms with Gasteiger partial charge in [0.1, 0.15) is 17.4 Å². The topological polar surface area (TPSA) is 114 Å². The number of carbonyl (C=O) groups is 3. The van der Waals surface area contributed by atoms with Crippen molar-refractivity contribution >= 4 is 29.2 Å². The fourth-order valence-corrected chi connectivity index (χ4v) is 5.34. The molecule has 1 aromatic carbocycles. The van der Waals surface area contributed by atoms with Crippen molar-refractivity contribution in [1.29, 1.82) is 0 Å². The second kappa shape index (κ2) is 7.53. The van der Waals surface area contributed by atoms with Crippen LogP contribution in [0.4, 0.5) is 11.5 Å². The Morgan fingerprint density at radius 2 is 1.88 bits per heavy atom. The standard InChI is InChI=1S/C25H28N4O5/c1-13-8-6-7-9-15(13)29-20(22(31)27-24(3,4)5)25-11-10-16(33-25)18(19(25)23(29)32)21(30)26-17-12-14(2)34-28-17/h6-12,16,18-20H,1-5H3,(H,27,31)(H,26,28,30)/t16-,18+,19-,20+,25-/m1/s1. The van der Waals surface area contributed by atoms with Crippen LogP contribution in [0.25, 0.3) is 0 Å². The van der Waals surface area contributed by atoms with E-state index < -0.39 is 41.0 Å². The second-order valence-electron chi connectivity index (χ2n) is 10.2. The predicted molar refractivity (Wildman–Crippen MR) is 124 cm³/mol. The van der Waals surface area contributed by atoms with Gasteiger partial charge in [0.05, 0.1) is 17.9 Å². The summed E-state index contributed by atoms with van der Waals surface area (Å²) in [5.41, 5.74) is -0.301. The number of amides is 3. The lowest BCUT2D eigenvalue weighted by atomic mass is 9.74. The molecule has 1 aromatic heterocycles. The Morgan fingerprint density at radius 3 is 2.53 bits per heavy atom. The van der Waals surface area contributed by atoms with Crippen LogP contribution in [0.5, 0.6) is 0 Å². The monoisotopic (exact) mass is 464 g/mol. The van der Waals surface area contributed by atoms with Gasteiger partial charge in [-0.25, -0.2) is 0 Å². The van der Waals surface area contributed by atoms with Crippen molar-refractivity contribution in [2.24, 2.45) is 11.8 Å². The first-order valence-electron chi connectivity index (χ1n) is 11.3. The van der Waals surface area contributed by atoms with Gasteiger partial charge < -0.3 is 19.9 Å². The van der Waals surface area contributed by atoms with Gasteiger partial charge in [-0.1, -0.05) is 35.5 Å². The first-order chi connectivity index (χ1) is 16.0. The highest BCUT2D eigenvalue weighted by Crippen LogP contribution is 2.56. The minimum atomic E-state index is -1.25. The SMILES string of the molecule is Cc1cc(NC(=O)[C@H]2[C@H]3C=C[C@]4(O3)[C@H](C(=O)NC(C)(C)C)N(c3ccccc3C)C(=O)[C@@H]24)no1. The molecule has 3 amide bonds. The van der Waals surface area contributed by atoms with Gasteiger partial charge in [0, 0.05) is 17.3 Å². The van der Waals surface area contributed by atoms with Crippen LogP contribution in [0.1, 0.15) is 32.1 Å². The zero-order chi connectivity index (χ0) is 24.4. The van der Waals surface area contributed by atoms with Gasteiger partial charge in [-0.2, -0.15) is 0 Å². The number of aromatic nitrogens is 1. The van der Waals surface area contributed by atoms with Crippen molar-refractivity contribution in [2.45, 2.75) is 57.9 Å². The summed E-state index contributed by atoms with van der Waals surface area (Å²) < 4.78 is 11.4. The second-order valence-corrected chi connectivity index (χ2v) is 10.2. The van der Waals surface area contributed by atoms with Crippen LogP contribution in [-0.2, 0) is 19.1 Å². The fourth-order valence-electron chi connectivity index (χ4n) is 5.34. The number of fused-ring (bicyclic) bond motifs is 1. The molecule has 5 atom stereocenters. The summed E-state index contributed by atoms with van der Waals surface area (Å²) >= 11 is 0. The average Bonchev–Trinajstić information content (AvgIpc) is 3.48. The molecule has 4 heterocycles. The van der Waals surface area contributed by atoms with Crippen molar-refractivity contribution in [1.82, 2.24) is 10.5 Å². The Hall–Kier alpha value is -3.46. The maximum absolute atomic E-state index is 14.0. The Labute approximate surface area is 197 Å². The molecule has 9 nitrogen and oxygen atoms in total. The number of carbonyl (C=O) groups excluding carboxylic acids is 3. The van der Waals surface area contributed by atoms with Crippen molar-refractivity contribution in [3.63, 3.8) is 0 Å². The van der Waals surface area contributed by atoms with Crippen LogP contribution in [0.2, 0.25) is 0 Å². The van der Waals surface area contributed by atoms with E-state index in [-0.39, 0.29) is 17.6 Å². The summed E-state index contributed by atoms with van der Waals surface area (Å²) in [6, 6.07) is 8.04. The molecule has 34 heavy (non-hydrogen) atoms. The molecule has 0 unspecified atom stereocenters. The summed E-state index contributed by atoms with van der Waals surface area (Å²) in [4.78, 5) is 42.5. The number of nitrogens with zero attached hydrogens (tertiary/aromatic N) is 2. The van der Waals surface area contributed by atoms with E-state index >= 15 is 0 Å². The van der Waals surface area contributed by atoms with Crippen molar-refractivity contribution in [3.05, 3.63) is 53.8 Å². The smallest absolute Gasteiger partial charge is 0.246 e. The number of aryl methyl sites for hydroxylation is 2. The number of ether oxygens (including phenoxy) is 1. The molecule has 2 saturated heterocycles. The lowest BCUT2D eigenvalue weighted by molar-refractivity contribution is -0.129. The van der Waals surface area contributed by atoms with E-state index in [4.69, 9.17) is 9.26 Å². The molecule has 1 spiro atoms. The molecular weight excluding hydrogens is 436 g/mol. The maximum atomic E-state index is 14.0. The zero-order valence-corrected chi connectivity index (χ0v) is 19.8. The maximum Gasteiger partial charge on any atom is 0.246 e. The first kappa shape index (κ1) is 22.3. The third kappa shape index (κ3) is 3.34. The molecule has 0 radical (unpaired) electrons. The van der Waals surface area contributed by atoms with Gasteiger partial charge in [-0.05, 0) is 46.2 Å². The Balaban J connectivity index is 1.57. The van der Waals surface area contributed by atoms with E-state index in [2.05, 4.69) is 15.8 Å². The summed E-state index contributed by atoms with van der Waals surface area (Å²) in [7, 11) is 0. The Morgan fingerprint density at radius 1 is 1.15 bits per heavy atom. The van der Waals surface area contributed by atoms with E-state index in [1.807, 2.05) is 52.0 Å². The van der Waals surface area contributed by atoms with Gasteiger partial charge >= 0.3 is 0 Å². The molecule has 0 aliphatic carbocycles. The minimum Gasteiger partial charge on any atom is -0.360 e. The highest BCUT2D eigenvalue weighted by atomic mass is 16.5. The van der Waals surface area contributed by atoms with Crippen LogP contribution in [0, 0.1) is 25.7 Å². The lowest BCUT2D eigenvalue weighted by Gasteiger charge is -2.34. The largest absolute Gasteiger partial charge is 0.360 e. The summed E-state index contributed by atoms with van der Waals surface area (Å²) in [6.45, 7) is 9.26. The molecular formula is C25H28N4O5. The normalized spacial score (nSPS) is 29.4. The number of anilines is 2. The first-order valence-corrected chi connectivity index (χ1v) is 11.3. The fraction of sp³-hybridized carbons (Fsp3) is 0.440. The molecule has 178 valence electrons. The molecule has 3 aliphatic rings. The van der Waals surface area contributed by atoms with Gasteiger partial charge in [-0.15, -0.1) is 0 Å². The predicted octanol–water partition coefficient (Wildman–Crippen LogP) is 2.50. The number of para-hydroxylation sites is 1. The summed E-state index contributed by atoms with van der Waals surface area (Å²) in [5, 5.41) is 9.57. The summed E-state index contributed by atoms with van der Waals surface area (Å²) in [5.74, 6) is -1.88. The lowest BCUT2D eigenvalue weighted by Crippen LogP contribution is -2.58. The molecule has 2 aromatic rings. The van der Waals surface area contributed by atoms with E-state index in [1.165, 1.54) is 4.90 Å². The number of rotatable bonds is 4. The molecule has 2 fully saturated rings. The minimum absolute atomic E-state index is 0.270. The average molecular weight is 465 g/mol. The quantitative estimate of drug-likeness (QED) is 0.672. The third-order valence-electron chi connectivity index (χ3n) is 6.58. The van der Waals surface area contributed by atoms with E-state index in [0.29, 0.717) is 11.4 Å². The van der Waals surface area contributed by atoms with Crippen molar-refractivity contribution in [3.8, 4) is 0 Å². The van der Waals surface area contributed by atoms with Crippen LogP contribution < -0.4 is 15.5 Å². The van der Waals surface area contributed by atoms with E-state index in [9.17, 15) is 14.4 Å². The Kier molecular flexibility index (Phi) is 4.95. The molecule has 3 aliphatic heterocycles.